The number of ether oxygens (including phenoxy) is 2. The van der Waals surface area contributed by atoms with E-state index in [9.17, 15) is 22.0 Å². The minimum Gasteiger partial charge on any atom is -0.493 e. The van der Waals surface area contributed by atoms with Crippen molar-refractivity contribution in [1.82, 2.24) is 9.62 Å². The molecular weight excluding hydrogens is 382 g/mol. The summed E-state index contributed by atoms with van der Waals surface area (Å²) in [6.07, 6.45) is 0.494. The average Bonchev–Trinajstić information content (AvgIpc) is 2.61. The molecule has 0 bridgehead atoms. The highest BCUT2D eigenvalue weighted by Crippen LogP contribution is 2.23. The van der Waals surface area contributed by atoms with Gasteiger partial charge in [-0.1, -0.05) is 0 Å². The van der Waals surface area contributed by atoms with Crippen molar-refractivity contribution in [3.05, 3.63) is 24.3 Å². The van der Waals surface area contributed by atoms with Crippen LogP contribution in [0.4, 0.5) is 8.78 Å². The molecule has 1 aromatic rings. The van der Waals surface area contributed by atoms with Crippen molar-refractivity contribution in [3.8, 4) is 11.5 Å². The van der Waals surface area contributed by atoms with Crippen LogP contribution in [0.3, 0.4) is 0 Å². The Kier molecular flexibility index (Phi) is 7.37. The highest BCUT2D eigenvalue weighted by atomic mass is 32.2. The predicted octanol–water partition coefficient (Wildman–Crippen LogP) is 1.84. The zero-order chi connectivity index (χ0) is 20.0. The molecule has 2 atom stereocenters. The van der Waals surface area contributed by atoms with Crippen LogP contribution in [-0.2, 0) is 14.8 Å². The smallest absolute Gasteiger partial charge is 0.387 e. The van der Waals surface area contributed by atoms with Crippen LogP contribution in [0, 0.1) is 5.92 Å². The Balaban J connectivity index is 2.02. The van der Waals surface area contributed by atoms with Gasteiger partial charge in [0, 0.05) is 32.0 Å². The molecule has 1 saturated heterocycles. The summed E-state index contributed by atoms with van der Waals surface area (Å²) < 4.78 is 60.8. The number of alkyl halides is 2. The van der Waals surface area contributed by atoms with Gasteiger partial charge in [-0.2, -0.15) is 8.78 Å². The van der Waals surface area contributed by atoms with Crippen LogP contribution >= 0.6 is 0 Å². The highest BCUT2D eigenvalue weighted by molar-refractivity contribution is 7.89. The second kappa shape index (κ2) is 9.32. The van der Waals surface area contributed by atoms with Crippen LogP contribution in [0.1, 0.15) is 20.3 Å². The van der Waals surface area contributed by atoms with Gasteiger partial charge in [-0.05, 0) is 37.6 Å². The minimum atomic E-state index is -3.39. The van der Waals surface area contributed by atoms with Crippen molar-refractivity contribution >= 4 is 15.9 Å². The lowest BCUT2D eigenvalue weighted by Gasteiger charge is -2.38. The molecule has 1 heterocycles. The summed E-state index contributed by atoms with van der Waals surface area (Å²) in [4.78, 5) is 13.3. The number of rotatable bonds is 8. The lowest BCUT2D eigenvalue weighted by molar-refractivity contribution is -0.131. The van der Waals surface area contributed by atoms with Gasteiger partial charge in [0.25, 0.3) is 0 Å². The molecule has 1 amide bonds. The molecule has 27 heavy (non-hydrogen) atoms. The molecule has 2 rings (SSSR count). The van der Waals surface area contributed by atoms with E-state index in [1.807, 2.05) is 0 Å². The quantitative estimate of drug-likeness (QED) is 0.712. The average molecular weight is 406 g/mol. The Labute approximate surface area is 157 Å². The first-order chi connectivity index (χ1) is 12.7. The Morgan fingerprint density at radius 3 is 2.48 bits per heavy atom. The summed E-state index contributed by atoms with van der Waals surface area (Å²) in [5.41, 5.74) is 0. The molecule has 0 aromatic heterocycles. The molecule has 0 spiro atoms. The Morgan fingerprint density at radius 1 is 1.30 bits per heavy atom. The van der Waals surface area contributed by atoms with E-state index in [1.54, 1.807) is 11.8 Å². The Bertz CT molecular complexity index is 727. The maximum absolute atomic E-state index is 12.2. The Morgan fingerprint density at radius 2 is 1.93 bits per heavy atom. The number of halogens is 2. The third-order valence-corrected chi connectivity index (χ3v) is 5.83. The molecule has 7 nitrogen and oxygen atoms in total. The number of hydrogen-bond acceptors (Lipinski definition) is 5. The van der Waals surface area contributed by atoms with Gasteiger partial charge in [0.2, 0.25) is 15.9 Å². The second-order valence-electron chi connectivity index (χ2n) is 6.30. The Hall–Kier alpha value is -1.94. The topological polar surface area (TPSA) is 84.9 Å². The number of nitrogens with one attached hydrogen (secondary N) is 1. The van der Waals surface area contributed by atoms with E-state index in [-0.39, 0.29) is 36.0 Å². The van der Waals surface area contributed by atoms with Crippen LogP contribution in [-0.4, -0.2) is 57.3 Å². The number of piperidine rings is 1. The van der Waals surface area contributed by atoms with Gasteiger partial charge >= 0.3 is 6.61 Å². The minimum absolute atomic E-state index is 0.0198. The number of likely N-dealkylation sites (tertiary alicyclic amines) is 1. The molecule has 0 saturated carbocycles. The molecule has 0 radical (unpaired) electrons. The van der Waals surface area contributed by atoms with Crippen molar-refractivity contribution in [3.63, 3.8) is 0 Å². The maximum Gasteiger partial charge on any atom is 0.387 e. The largest absolute Gasteiger partial charge is 0.493 e. The number of amides is 1. The maximum atomic E-state index is 12.2. The van der Waals surface area contributed by atoms with Gasteiger partial charge in [-0.15, -0.1) is 0 Å². The predicted molar refractivity (Wildman–Crippen MR) is 95.3 cm³/mol. The van der Waals surface area contributed by atoms with Crippen LogP contribution in [0.15, 0.2) is 24.3 Å². The summed E-state index contributed by atoms with van der Waals surface area (Å²) in [5, 5.41) is 0. The van der Waals surface area contributed by atoms with Crippen LogP contribution in [0.2, 0.25) is 0 Å². The number of sulfonamides is 1. The SMILES string of the molecule is CCS(=O)(=O)NC1CCN(C(C)=O)CC1COc1ccc(OC(F)F)cc1. The summed E-state index contributed by atoms with van der Waals surface area (Å²) in [5.74, 6) is 0.116. The summed E-state index contributed by atoms with van der Waals surface area (Å²) in [6, 6.07) is 5.37. The van der Waals surface area contributed by atoms with Gasteiger partial charge in [0.05, 0.1) is 12.4 Å². The first kappa shape index (κ1) is 21.4. The van der Waals surface area contributed by atoms with E-state index in [1.165, 1.54) is 31.2 Å². The first-order valence-electron chi connectivity index (χ1n) is 8.63. The van der Waals surface area contributed by atoms with Crippen molar-refractivity contribution in [2.24, 2.45) is 5.92 Å². The van der Waals surface area contributed by atoms with Crippen LogP contribution in [0.5, 0.6) is 11.5 Å². The zero-order valence-corrected chi connectivity index (χ0v) is 16.0. The lowest BCUT2D eigenvalue weighted by atomic mass is 9.93. The molecule has 152 valence electrons. The van der Waals surface area contributed by atoms with Crippen molar-refractivity contribution in [1.29, 1.82) is 0 Å². The van der Waals surface area contributed by atoms with E-state index < -0.39 is 16.6 Å². The van der Waals surface area contributed by atoms with E-state index in [0.29, 0.717) is 25.3 Å². The van der Waals surface area contributed by atoms with Gasteiger partial charge in [-0.25, -0.2) is 13.1 Å². The number of hydrogen-bond donors (Lipinski definition) is 1. The summed E-state index contributed by atoms with van der Waals surface area (Å²) >= 11 is 0. The molecule has 1 N–H and O–H groups in total. The zero-order valence-electron chi connectivity index (χ0n) is 15.2. The normalized spacial score (nSPS) is 20.6. The number of nitrogens with zero attached hydrogens (tertiary/aromatic N) is 1. The van der Waals surface area contributed by atoms with Gasteiger partial charge in [0.1, 0.15) is 11.5 Å². The molecule has 1 fully saturated rings. The van der Waals surface area contributed by atoms with Crippen molar-refractivity contribution in [2.45, 2.75) is 32.9 Å². The standard InChI is InChI=1S/C17H24F2N2O5S/c1-3-27(23,24)20-16-8-9-21(12(2)22)10-13(16)11-25-14-4-6-15(7-5-14)26-17(18)19/h4-7,13,16-17,20H,3,8-11H2,1-2H3. The van der Waals surface area contributed by atoms with Crippen molar-refractivity contribution in [2.75, 3.05) is 25.4 Å². The second-order valence-corrected chi connectivity index (χ2v) is 8.35. The molecule has 1 aromatic carbocycles. The molecule has 1 aliphatic rings. The fourth-order valence-electron chi connectivity index (χ4n) is 2.88. The third kappa shape index (κ3) is 6.62. The number of carbonyl (C=O) groups excluding carboxylic acids is 1. The van der Waals surface area contributed by atoms with Crippen LogP contribution in [0.25, 0.3) is 0 Å². The van der Waals surface area contributed by atoms with E-state index in [0.717, 1.165) is 0 Å². The molecule has 0 aliphatic carbocycles. The van der Waals surface area contributed by atoms with E-state index in [4.69, 9.17) is 4.74 Å². The fraction of sp³-hybridized carbons (Fsp3) is 0.588. The van der Waals surface area contributed by atoms with E-state index >= 15 is 0 Å². The van der Waals surface area contributed by atoms with E-state index in [2.05, 4.69) is 9.46 Å². The number of benzene rings is 1. The van der Waals surface area contributed by atoms with Gasteiger partial charge < -0.3 is 14.4 Å². The van der Waals surface area contributed by atoms with Crippen LogP contribution < -0.4 is 14.2 Å². The third-order valence-electron chi connectivity index (χ3n) is 4.40. The first-order valence-corrected chi connectivity index (χ1v) is 10.3. The molecule has 1 aliphatic heterocycles. The van der Waals surface area contributed by atoms with Gasteiger partial charge in [-0.3, -0.25) is 4.79 Å². The number of carbonyl (C=O) groups is 1. The fourth-order valence-corrected chi connectivity index (χ4v) is 3.82. The van der Waals surface area contributed by atoms with Gasteiger partial charge in [0.15, 0.2) is 0 Å². The molecule has 2 unspecified atom stereocenters. The summed E-state index contributed by atoms with van der Waals surface area (Å²) in [6.45, 7) is 1.15. The van der Waals surface area contributed by atoms with Crippen molar-refractivity contribution < 1.29 is 31.5 Å². The highest BCUT2D eigenvalue weighted by Gasteiger charge is 2.33. The summed E-state index contributed by atoms with van der Waals surface area (Å²) in [7, 11) is -3.39. The lowest BCUT2D eigenvalue weighted by Crippen LogP contribution is -2.53. The molecule has 10 heteroatoms. The molecular formula is C17H24F2N2O5S. The monoisotopic (exact) mass is 406 g/mol.